The average molecular weight is 284 g/mol. The number of carboxylic acids is 1. The van der Waals surface area contributed by atoms with E-state index in [0.717, 1.165) is 17.3 Å². The van der Waals surface area contributed by atoms with Gasteiger partial charge in [-0.3, -0.25) is 4.79 Å². The van der Waals surface area contributed by atoms with Crippen molar-refractivity contribution >= 4 is 21.9 Å². The standard InChI is InChI=1S/C12H14BrNO2/c13-10-3-1-8(2-4-10)9-5-11(6-9)14-7-12(15)16/h1-4,9,11,14H,5-7H2,(H,15,16). The zero-order chi connectivity index (χ0) is 11.5. The maximum absolute atomic E-state index is 10.4. The number of benzene rings is 1. The molecule has 0 aromatic heterocycles. The molecule has 0 radical (unpaired) electrons. The quantitative estimate of drug-likeness (QED) is 0.892. The van der Waals surface area contributed by atoms with Gasteiger partial charge < -0.3 is 10.4 Å². The molecule has 0 bridgehead atoms. The Morgan fingerprint density at radius 1 is 1.38 bits per heavy atom. The molecule has 1 saturated carbocycles. The van der Waals surface area contributed by atoms with Crippen LogP contribution in [-0.2, 0) is 4.79 Å². The van der Waals surface area contributed by atoms with E-state index in [-0.39, 0.29) is 6.54 Å². The molecule has 0 heterocycles. The Morgan fingerprint density at radius 2 is 2.00 bits per heavy atom. The van der Waals surface area contributed by atoms with Gasteiger partial charge in [-0.1, -0.05) is 28.1 Å². The number of aliphatic carboxylic acids is 1. The molecule has 0 spiro atoms. The molecule has 1 fully saturated rings. The van der Waals surface area contributed by atoms with Crippen LogP contribution in [0.15, 0.2) is 28.7 Å². The first-order valence-corrected chi connectivity index (χ1v) is 6.15. The third-order valence-corrected chi connectivity index (χ3v) is 3.55. The Kier molecular flexibility index (Phi) is 3.61. The maximum atomic E-state index is 10.4. The minimum Gasteiger partial charge on any atom is -0.480 e. The third kappa shape index (κ3) is 2.83. The zero-order valence-electron chi connectivity index (χ0n) is 8.82. The summed E-state index contributed by atoms with van der Waals surface area (Å²) >= 11 is 3.41. The fraction of sp³-hybridized carbons (Fsp3) is 0.417. The summed E-state index contributed by atoms with van der Waals surface area (Å²) < 4.78 is 1.09. The van der Waals surface area contributed by atoms with Gasteiger partial charge in [0.2, 0.25) is 0 Å². The van der Waals surface area contributed by atoms with Crippen LogP contribution in [0, 0.1) is 0 Å². The third-order valence-electron chi connectivity index (χ3n) is 3.02. The highest BCUT2D eigenvalue weighted by atomic mass is 79.9. The normalized spacial score (nSPS) is 23.8. The zero-order valence-corrected chi connectivity index (χ0v) is 10.4. The molecule has 16 heavy (non-hydrogen) atoms. The van der Waals surface area contributed by atoms with Gasteiger partial charge in [0.25, 0.3) is 0 Å². The molecule has 3 nitrogen and oxygen atoms in total. The molecule has 2 N–H and O–H groups in total. The summed E-state index contributed by atoms with van der Waals surface area (Å²) in [6.07, 6.45) is 2.07. The van der Waals surface area contributed by atoms with Crippen LogP contribution in [0.4, 0.5) is 0 Å². The van der Waals surface area contributed by atoms with Crippen molar-refractivity contribution in [3.05, 3.63) is 34.3 Å². The lowest BCUT2D eigenvalue weighted by Gasteiger charge is -2.36. The second-order valence-corrected chi connectivity index (χ2v) is 5.11. The van der Waals surface area contributed by atoms with Crippen LogP contribution in [0.5, 0.6) is 0 Å². The molecule has 0 atom stereocenters. The first-order chi connectivity index (χ1) is 7.65. The van der Waals surface area contributed by atoms with Crippen LogP contribution in [-0.4, -0.2) is 23.7 Å². The molecule has 1 aliphatic carbocycles. The van der Waals surface area contributed by atoms with Crippen molar-refractivity contribution in [3.8, 4) is 0 Å². The Labute approximate surface area is 103 Å². The van der Waals surface area contributed by atoms with Gasteiger partial charge in [-0.2, -0.15) is 0 Å². The van der Waals surface area contributed by atoms with Gasteiger partial charge in [0, 0.05) is 10.5 Å². The number of rotatable bonds is 4. The van der Waals surface area contributed by atoms with Crippen molar-refractivity contribution in [2.75, 3.05) is 6.54 Å². The number of carboxylic acid groups (broad SMARTS) is 1. The van der Waals surface area contributed by atoms with E-state index in [1.807, 2.05) is 12.1 Å². The van der Waals surface area contributed by atoms with Crippen LogP contribution in [0.1, 0.15) is 24.3 Å². The first kappa shape index (κ1) is 11.6. The van der Waals surface area contributed by atoms with E-state index in [9.17, 15) is 4.79 Å². The minimum atomic E-state index is -0.785. The Hall–Kier alpha value is -0.870. The van der Waals surface area contributed by atoms with Crippen molar-refractivity contribution in [2.45, 2.75) is 24.8 Å². The van der Waals surface area contributed by atoms with Crippen LogP contribution in [0.2, 0.25) is 0 Å². The second-order valence-electron chi connectivity index (χ2n) is 4.19. The van der Waals surface area contributed by atoms with Crippen molar-refractivity contribution in [3.63, 3.8) is 0 Å². The molecular weight excluding hydrogens is 270 g/mol. The van der Waals surface area contributed by atoms with Gasteiger partial charge >= 0.3 is 5.97 Å². The Balaban J connectivity index is 1.79. The van der Waals surface area contributed by atoms with Gasteiger partial charge in [0.05, 0.1) is 6.54 Å². The molecule has 1 aliphatic rings. The summed E-state index contributed by atoms with van der Waals surface area (Å²) in [5.74, 6) is -0.202. The van der Waals surface area contributed by atoms with Gasteiger partial charge in [0.1, 0.15) is 0 Å². The van der Waals surface area contributed by atoms with Crippen LogP contribution in [0.3, 0.4) is 0 Å². The summed E-state index contributed by atoms with van der Waals surface area (Å²) in [7, 11) is 0. The topological polar surface area (TPSA) is 49.3 Å². The van der Waals surface area contributed by atoms with Gasteiger partial charge in [0.15, 0.2) is 0 Å². The predicted octanol–water partition coefficient (Wildman–Crippen LogP) is 2.37. The highest BCUT2D eigenvalue weighted by Crippen LogP contribution is 2.37. The lowest BCUT2D eigenvalue weighted by molar-refractivity contribution is -0.136. The highest BCUT2D eigenvalue weighted by molar-refractivity contribution is 9.10. The fourth-order valence-corrected chi connectivity index (χ4v) is 2.29. The number of halogens is 1. The van der Waals surface area contributed by atoms with Crippen LogP contribution in [0.25, 0.3) is 0 Å². The summed E-state index contributed by atoms with van der Waals surface area (Å²) in [5.41, 5.74) is 1.34. The van der Waals surface area contributed by atoms with Crippen molar-refractivity contribution in [2.24, 2.45) is 0 Å². The maximum Gasteiger partial charge on any atom is 0.317 e. The summed E-state index contributed by atoms with van der Waals surface area (Å²) in [6, 6.07) is 8.72. The summed E-state index contributed by atoms with van der Waals surface area (Å²) in [6.45, 7) is 0.0672. The highest BCUT2D eigenvalue weighted by Gasteiger charge is 2.29. The number of carbonyl (C=O) groups is 1. The lowest BCUT2D eigenvalue weighted by atomic mass is 9.76. The molecule has 0 aliphatic heterocycles. The number of hydrogen-bond acceptors (Lipinski definition) is 2. The van der Waals surface area contributed by atoms with E-state index in [0.29, 0.717) is 12.0 Å². The SMILES string of the molecule is O=C(O)CNC1CC(c2ccc(Br)cc2)C1. The molecule has 0 unspecified atom stereocenters. The van der Waals surface area contributed by atoms with Gasteiger partial charge in [-0.15, -0.1) is 0 Å². The fourth-order valence-electron chi connectivity index (χ4n) is 2.02. The molecule has 0 saturated heterocycles. The lowest BCUT2D eigenvalue weighted by Crippen LogP contribution is -2.42. The largest absolute Gasteiger partial charge is 0.480 e. The summed E-state index contributed by atoms with van der Waals surface area (Å²) in [4.78, 5) is 10.4. The molecule has 1 aromatic carbocycles. The van der Waals surface area contributed by atoms with E-state index < -0.39 is 5.97 Å². The smallest absolute Gasteiger partial charge is 0.317 e. The van der Waals surface area contributed by atoms with E-state index >= 15 is 0 Å². The van der Waals surface area contributed by atoms with Crippen LogP contribution >= 0.6 is 15.9 Å². The van der Waals surface area contributed by atoms with Gasteiger partial charge in [-0.05, 0) is 36.5 Å². The van der Waals surface area contributed by atoms with E-state index in [1.54, 1.807) is 0 Å². The molecule has 2 rings (SSSR count). The van der Waals surface area contributed by atoms with Crippen molar-refractivity contribution in [1.82, 2.24) is 5.32 Å². The van der Waals surface area contributed by atoms with E-state index in [4.69, 9.17) is 5.11 Å². The number of nitrogens with one attached hydrogen (secondary N) is 1. The molecule has 0 amide bonds. The first-order valence-electron chi connectivity index (χ1n) is 5.36. The molecule has 86 valence electrons. The molecular formula is C12H14BrNO2. The van der Waals surface area contributed by atoms with Crippen molar-refractivity contribution in [1.29, 1.82) is 0 Å². The molecule has 1 aromatic rings. The Morgan fingerprint density at radius 3 is 2.56 bits per heavy atom. The van der Waals surface area contributed by atoms with Crippen LogP contribution < -0.4 is 5.32 Å². The summed E-state index contributed by atoms with van der Waals surface area (Å²) in [5, 5.41) is 11.5. The average Bonchev–Trinajstić information content (AvgIpc) is 2.18. The van der Waals surface area contributed by atoms with E-state index in [2.05, 4.69) is 33.4 Å². The predicted molar refractivity (Wildman–Crippen MR) is 65.5 cm³/mol. The minimum absolute atomic E-state index is 0.0672. The Bertz CT molecular complexity index is 371. The van der Waals surface area contributed by atoms with Crippen molar-refractivity contribution < 1.29 is 9.90 Å². The second kappa shape index (κ2) is 4.97. The van der Waals surface area contributed by atoms with Gasteiger partial charge in [-0.25, -0.2) is 0 Å². The molecule has 4 heteroatoms. The van der Waals surface area contributed by atoms with E-state index in [1.165, 1.54) is 5.56 Å². The number of hydrogen-bond donors (Lipinski definition) is 2. The monoisotopic (exact) mass is 283 g/mol.